The van der Waals surface area contributed by atoms with Crippen LogP contribution in [0.5, 0.6) is 0 Å². The van der Waals surface area contributed by atoms with Gasteiger partial charge in [-0.25, -0.2) is 4.98 Å². The van der Waals surface area contributed by atoms with Crippen molar-refractivity contribution in [3.05, 3.63) is 72.1 Å². The molecule has 0 atom stereocenters. The Morgan fingerprint density at radius 1 is 1.12 bits per heavy atom. The topological polar surface area (TPSA) is 113 Å². The van der Waals surface area contributed by atoms with Crippen molar-refractivity contribution in [2.45, 2.75) is 0 Å². The maximum Gasteiger partial charge on any atom is 0.251 e. The van der Waals surface area contributed by atoms with Gasteiger partial charge in [-0.2, -0.15) is 15.0 Å². The lowest BCUT2D eigenvalue weighted by atomic mass is 10.2. The second-order valence-electron chi connectivity index (χ2n) is 5.22. The van der Waals surface area contributed by atoms with Crippen LogP contribution in [0.2, 0.25) is 0 Å². The van der Waals surface area contributed by atoms with E-state index in [0.717, 1.165) is 0 Å². The first-order chi connectivity index (χ1) is 12.7. The molecule has 8 nitrogen and oxygen atoms in total. The molecule has 0 aliphatic carbocycles. The number of benzene rings is 1. The Bertz CT molecular complexity index is 960. The molecule has 0 saturated heterocycles. The average molecular weight is 346 g/mol. The van der Waals surface area contributed by atoms with Crippen LogP contribution in [0.3, 0.4) is 0 Å². The Labute approximate surface area is 149 Å². The Morgan fingerprint density at radius 3 is 2.58 bits per heavy atom. The van der Waals surface area contributed by atoms with Crippen molar-refractivity contribution < 1.29 is 9.59 Å². The number of nitrogens with one attached hydrogen (secondary N) is 2. The van der Waals surface area contributed by atoms with Crippen LogP contribution >= 0.6 is 0 Å². The lowest BCUT2D eigenvalue weighted by Crippen LogP contribution is -2.33. The van der Waals surface area contributed by atoms with E-state index in [-0.39, 0.29) is 23.8 Å². The predicted octanol–water partition coefficient (Wildman–Crippen LogP) is 1.51. The van der Waals surface area contributed by atoms with Gasteiger partial charge in [0.15, 0.2) is 11.6 Å². The van der Waals surface area contributed by atoms with E-state index in [4.69, 9.17) is 0 Å². The van der Waals surface area contributed by atoms with E-state index in [1.54, 1.807) is 54.7 Å². The lowest BCUT2D eigenvalue weighted by Gasteiger charge is -2.09. The van der Waals surface area contributed by atoms with Gasteiger partial charge in [0.25, 0.3) is 5.91 Å². The fourth-order valence-electron chi connectivity index (χ4n) is 2.23. The van der Waals surface area contributed by atoms with Gasteiger partial charge in [-0.05, 0) is 24.3 Å². The monoisotopic (exact) mass is 346 g/mol. The first-order valence-corrected chi connectivity index (χ1v) is 7.71. The molecule has 2 N–H and O–H groups in total. The van der Waals surface area contributed by atoms with Crippen molar-refractivity contribution in [2.75, 3.05) is 11.9 Å². The molecular formula is C18H14N6O2. The second-order valence-corrected chi connectivity index (χ2v) is 5.22. The number of amides is 2. The average Bonchev–Trinajstić information content (AvgIpc) is 3.10. The van der Waals surface area contributed by atoms with E-state index in [1.165, 1.54) is 10.9 Å². The van der Waals surface area contributed by atoms with E-state index < -0.39 is 5.91 Å². The van der Waals surface area contributed by atoms with Gasteiger partial charge in [-0.15, -0.1) is 0 Å². The van der Waals surface area contributed by atoms with Gasteiger partial charge in [0.2, 0.25) is 5.91 Å². The number of hydrogen-bond donors (Lipinski definition) is 2. The number of nitriles is 1. The maximum atomic E-state index is 12.2. The van der Waals surface area contributed by atoms with Crippen LogP contribution in [-0.2, 0) is 4.79 Å². The minimum atomic E-state index is -0.483. The fourth-order valence-corrected chi connectivity index (χ4v) is 2.23. The van der Waals surface area contributed by atoms with Crippen LogP contribution in [0, 0.1) is 11.3 Å². The summed E-state index contributed by atoms with van der Waals surface area (Å²) in [6, 6.07) is 15.7. The molecule has 2 amide bonds. The number of anilines is 1. The van der Waals surface area contributed by atoms with Crippen LogP contribution < -0.4 is 10.6 Å². The van der Waals surface area contributed by atoms with Gasteiger partial charge in [-0.1, -0.05) is 24.3 Å². The first kappa shape index (κ1) is 16.9. The molecule has 2 heterocycles. The van der Waals surface area contributed by atoms with Gasteiger partial charge >= 0.3 is 0 Å². The zero-order chi connectivity index (χ0) is 18.4. The molecule has 0 spiro atoms. The lowest BCUT2D eigenvalue weighted by molar-refractivity contribution is -0.115. The van der Waals surface area contributed by atoms with Gasteiger partial charge < -0.3 is 10.6 Å². The number of hydrogen-bond acceptors (Lipinski definition) is 5. The number of pyridine rings is 1. The van der Waals surface area contributed by atoms with E-state index in [0.29, 0.717) is 11.4 Å². The Kier molecular flexibility index (Phi) is 5.00. The number of carbonyl (C=O) groups excluding carboxylic acids is 2. The number of nitrogens with zero attached hydrogens (tertiary/aromatic N) is 4. The molecule has 0 bridgehead atoms. The zero-order valence-corrected chi connectivity index (χ0v) is 13.6. The predicted molar refractivity (Wildman–Crippen MR) is 93.5 cm³/mol. The summed E-state index contributed by atoms with van der Waals surface area (Å²) < 4.78 is 1.36. The molecular weight excluding hydrogens is 332 g/mol. The SMILES string of the molecule is N#Cc1cnn(-c2ccccn2)c1NC(=O)CNC(=O)c1ccccc1. The standard InChI is InChI=1S/C18H14N6O2/c19-10-14-11-22-24(15-8-4-5-9-20-15)17(14)23-16(25)12-21-18(26)13-6-2-1-3-7-13/h1-9,11H,12H2,(H,21,26)(H,23,25). The second kappa shape index (κ2) is 7.72. The highest BCUT2D eigenvalue weighted by atomic mass is 16.2. The molecule has 128 valence electrons. The molecule has 0 aliphatic heterocycles. The highest BCUT2D eigenvalue weighted by Gasteiger charge is 2.16. The molecule has 0 fully saturated rings. The van der Waals surface area contributed by atoms with Crippen molar-refractivity contribution in [1.82, 2.24) is 20.1 Å². The van der Waals surface area contributed by atoms with E-state index in [1.807, 2.05) is 6.07 Å². The van der Waals surface area contributed by atoms with E-state index in [9.17, 15) is 14.9 Å². The molecule has 0 aliphatic rings. The Morgan fingerprint density at radius 2 is 1.88 bits per heavy atom. The molecule has 0 unspecified atom stereocenters. The molecule has 8 heteroatoms. The third kappa shape index (κ3) is 3.73. The summed E-state index contributed by atoms with van der Waals surface area (Å²) in [4.78, 5) is 28.3. The quantitative estimate of drug-likeness (QED) is 0.727. The molecule has 2 aromatic heterocycles. The molecule has 0 radical (unpaired) electrons. The molecule has 26 heavy (non-hydrogen) atoms. The summed E-state index contributed by atoms with van der Waals surface area (Å²) in [5.41, 5.74) is 0.648. The number of aromatic nitrogens is 3. The summed E-state index contributed by atoms with van der Waals surface area (Å²) in [6.07, 6.45) is 2.92. The van der Waals surface area contributed by atoms with Crippen molar-refractivity contribution in [3.8, 4) is 11.9 Å². The molecule has 1 aromatic carbocycles. The molecule has 3 aromatic rings. The highest BCUT2D eigenvalue weighted by molar-refractivity contribution is 5.99. The highest BCUT2D eigenvalue weighted by Crippen LogP contribution is 2.18. The van der Waals surface area contributed by atoms with Gasteiger partial charge in [0, 0.05) is 11.8 Å². The number of carbonyl (C=O) groups is 2. The fraction of sp³-hybridized carbons (Fsp3) is 0.0556. The summed E-state index contributed by atoms with van der Waals surface area (Å²) in [6.45, 7) is -0.244. The smallest absolute Gasteiger partial charge is 0.251 e. The van der Waals surface area contributed by atoms with Crippen molar-refractivity contribution in [1.29, 1.82) is 5.26 Å². The van der Waals surface area contributed by atoms with Gasteiger partial charge in [0.1, 0.15) is 11.6 Å². The first-order valence-electron chi connectivity index (χ1n) is 7.71. The Hall–Kier alpha value is -3.99. The van der Waals surface area contributed by atoms with Gasteiger partial charge in [0.05, 0.1) is 12.7 Å². The Balaban J connectivity index is 1.71. The minimum Gasteiger partial charge on any atom is -0.343 e. The summed E-state index contributed by atoms with van der Waals surface area (Å²) in [5, 5.41) is 18.4. The third-order valence-electron chi connectivity index (χ3n) is 3.46. The summed E-state index contributed by atoms with van der Waals surface area (Å²) in [5.74, 6) is -0.189. The maximum absolute atomic E-state index is 12.2. The van der Waals surface area contributed by atoms with Crippen molar-refractivity contribution in [3.63, 3.8) is 0 Å². The van der Waals surface area contributed by atoms with E-state index >= 15 is 0 Å². The summed E-state index contributed by atoms with van der Waals surface area (Å²) in [7, 11) is 0. The van der Waals surface area contributed by atoms with Crippen LogP contribution in [0.1, 0.15) is 15.9 Å². The van der Waals surface area contributed by atoms with Crippen LogP contribution in [0.15, 0.2) is 60.9 Å². The zero-order valence-electron chi connectivity index (χ0n) is 13.6. The van der Waals surface area contributed by atoms with Crippen molar-refractivity contribution in [2.24, 2.45) is 0 Å². The van der Waals surface area contributed by atoms with E-state index in [2.05, 4.69) is 20.7 Å². The number of rotatable bonds is 5. The summed E-state index contributed by atoms with van der Waals surface area (Å²) >= 11 is 0. The molecule has 3 rings (SSSR count). The molecule has 0 saturated carbocycles. The van der Waals surface area contributed by atoms with Crippen LogP contribution in [0.4, 0.5) is 5.82 Å². The third-order valence-corrected chi connectivity index (χ3v) is 3.46. The minimum absolute atomic E-state index is 0.193. The van der Waals surface area contributed by atoms with Crippen LogP contribution in [-0.4, -0.2) is 33.1 Å². The van der Waals surface area contributed by atoms with Crippen LogP contribution in [0.25, 0.3) is 5.82 Å². The van der Waals surface area contributed by atoms with Gasteiger partial charge in [-0.3, -0.25) is 9.59 Å². The van der Waals surface area contributed by atoms with Crippen molar-refractivity contribution >= 4 is 17.6 Å². The largest absolute Gasteiger partial charge is 0.343 e. The normalized spacial score (nSPS) is 9.96.